The molecule has 2 aromatic rings. The molecule has 0 radical (unpaired) electrons. The summed E-state index contributed by atoms with van der Waals surface area (Å²) in [5, 5.41) is 0. The molecule has 18 heavy (non-hydrogen) atoms. The van der Waals surface area contributed by atoms with E-state index >= 15 is 0 Å². The second-order valence-corrected chi connectivity index (χ2v) is 4.37. The summed E-state index contributed by atoms with van der Waals surface area (Å²) in [6.07, 6.45) is 1.92. The fraction of sp³-hybridized carbons (Fsp3) is 0.462. The first-order chi connectivity index (χ1) is 8.67. The first kappa shape index (κ1) is 12.8. The number of anilines is 1. The Balaban J connectivity index is 2.52. The van der Waals surface area contributed by atoms with E-state index in [1.165, 1.54) is 12.1 Å². The van der Waals surface area contributed by atoms with E-state index in [1.54, 1.807) is 13.2 Å². The molecule has 0 aliphatic carbocycles. The molecule has 2 rings (SSSR count). The first-order valence-electron chi connectivity index (χ1n) is 6.09. The Labute approximate surface area is 106 Å². The number of rotatable bonds is 5. The van der Waals surface area contributed by atoms with Gasteiger partial charge >= 0.3 is 0 Å². The Kier molecular flexibility index (Phi) is 3.81. The molecule has 0 spiro atoms. The number of halogens is 1. The predicted molar refractivity (Wildman–Crippen MR) is 69.9 cm³/mol. The number of ether oxygens (including phenoxy) is 1. The number of nitrogen functional groups attached to an aromatic ring is 1. The molecular weight excluding hydrogens is 233 g/mol. The van der Waals surface area contributed by atoms with Crippen molar-refractivity contribution >= 4 is 17.0 Å². The number of hydrogen-bond donors (Lipinski definition) is 1. The molecule has 1 unspecified atom stereocenters. The van der Waals surface area contributed by atoms with Crippen molar-refractivity contribution in [3.8, 4) is 0 Å². The number of hydrogen-bond acceptors (Lipinski definition) is 3. The number of nitrogens with two attached hydrogens (primary N) is 1. The van der Waals surface area contributed by atoms with E-state index in [-0.39, 0.29) is 11.9 Å². The van der Waals surface area contributed by atoms with Gasteiger partial charge in [0.05, 0.1) is 23.7 Å². The highest BCUT2D eigenvalue weighted by molar-refractivity contribution is 5.78. The molecule has 0 bridgehead atoms. The Hall–Kier alpha value is -1.62. The quantitative estimate of drug-likeness (QED) is 0.889. The number of benzene rings is 1. The van der Waals surface area contributed by atoms with Crippen molar-refractivity contribution in [3.63, 3.8) is 0 Å². The summed E-state index contributed by atoms with van der Waals surface area (Å²) >= 11 is 0. The van der Waals surface area contributed by atoms with E-state index in [9.17, 15) is 4.39 Å². The van der Waals surface area contributed by atoms with Crippen molar-refractivity contribution in [3.05, 3.63) is 24.0 Å². The Bertz CT molecular complexity index is 532. The minimum Gasteiger partial charge on any atom is -0.383 e. The van der Waals surface area contributed by atoms with Gasteiger partial charge in [0.25, 0.3) is 0 Å². The zero-order chi connectivity index (χ0) is 13.1. The van der Waals surface area contributed by atoms with Gasteiger partial charge in [0, 0.05) is 7.11 Å². The normalized spacial score (nSPS) is 13.1. The van der Waals surface area contributed by atoms with Crippen LogP contribution in [0.25, 0.3) is 11.0 Å². The molecule has 0 aliphatic rings. The van der Waals surface area contributed by atoms with E-state index in [4.69, 9.17) is 10.5 Å². The summed E-state index contributed by atoms with van der Waals surface area (Å²) in [4.78, 5) is 4.26. The molecule has 0 aliphatic heterocycles. The molecule has 0 saturated carbocycles. The zero-order valence-corrected chi connectivity index (χ0v) is 10.7. The average molecular weight is 251 g/mol. The third kappa shape index (κ3) is 2.31. The van der Waals surface area contributed by atoms with Crippen LogP contribution in [0.1, 0.15) is 25.8 Å². The Morgan fingerprint density at radius 1 is 1.50 bits per heavy atom. The molecule has 1 aromatic heterocycles. The molecule has 0 saturated heterocycles. The fourth-order valence-corrected chi connectivity index (χ4v) is 2.28. The maximum atomic E-state index is 13.3. The summed E-state index contributed by atoms with van der Waals surface area (Å²) in [6, 6.07) is 4.60. The average Bonchev–Trinajstić information content (AvgIpc) is 2.64. The predicted octanol–water partition coefficient (Wildman–Crippen LogP) is 2.75. The van der Waals surface area contributed by atoms with E-state index in [0.29, 0.717) is 18.1 Å². The lowest BCUT2D eigenvalue weighted by Gasteiger charge is -2.19. The third-order valence-electron chi connectivity index (χ3n) is 3.02. The molecule has 4 nitrogen and oxygen atoms in total. The van der Waals surface area contributed by atoms with Gasteiger partial charge < -0.3 is 15.0 Å². The molecule has 98 valence electrons. The second kappa shape index (κ2) is 5.35. The van der Waals surface area contributed by atoms with Crippen LogP contribution >= 0.6 is 0 Å². The molecule has 0 amide bonds. The van der Waals surface area contributed by atoms with Crippen molar-refractivity contribution in [2.24, 2.45) is 0 Å². The van der Waals surface area contributed by atoms with Crippen molar-refractivity contribution in [2.45, 2.75) is 25.8 Å². The highest BCUT2D eigenvalue weighted by Gasteiger charge is 2.17. The van der Waals surface area contributed by atoms with Gasteiger partial charge in [-0.1, -0.05) is 13.3 Å². The van der Waals surface area contributed by atoms with Crippen molar-refractivity contribution in [1.29, 1.82) is 0 Å². The SMILES string of the molecule is CCCC(COC)n1c(N)nc2ccc(F)cc21. The second-order valence-electron chi connectivity index (χ2n) is 4.37. The van der Waals surface area contributed by atoms with Crippen molar-refractivity contribution in [1.82, 2.24) is 9.55 Å². The number of imidazole rings is 1. The van der Waals surface area contributed by atoms with Crippen LogP contribution < -0.4 is 5.73 Å². The maximum absolute atomic E-state index is 13.3. The van der Waals surface area contributed by atoms with Gasteiger partial charge in [-0.15, -0.1) is 0 Å². The standard InChI is InChI=1S/C13H18FN3O/c1-3-4-10(8-18-2)17-12-7-9(14)5-6-11(12)16-13(17)15/h5-7,10H,3-4,8H2,1-2H3,(H2,15,16). The Morgan fingerprint density at radius 2 is 2.28 bits per heavy atom. The molecular formula is C13H18FN3O. The largest absolute Gasteiger partial charge is 0.383 e. The number of fused-ring (bicyclic) bond motifs is 1. The fourth-order valence-electron chi connectivity index (χ4n) is 2.28. The van der Waals surface area contributed by atoms with E-state index in [2.05, 4.69) is 11.9 Å². The van der Waals surface area contributed by atoms with Gasteiger partial charge in [0.1, 0.15) is 5.82 Å². The monoisotopic (exact) mass is 251 g/mol. The maximum Gasteiger partial charge on any atom is 0.201 e. The highest BCUT2D eigenvalue weighted by Crippen LogP contribution is 2.26. The molecule has 2 N–H and O–H groups in total. The van der Waals surface area contributed by atoms with Gasteiger partial charge in [-0.25, -0.2) is 9.37 Å². The molecule has 1 atom stereocenters. The topological polar surface area (TPSA) is 53.1 Å². The third-order valence-corrected chi connectivity index (χ3v) is 3.02. The van der Waals surface area contributed by atoms with Crippen LogP contribution in [0, 0.1) is 5.82 Å². The van der Waals surface area contributed by atoms with Crippen LogP contribution in [0.3, 0.4) is 0 Å². The lowest BCUT2D eigenvalue weighted by molar-refractivity contribution is 0.153. The summed E-state index contributed by atoms with van der Waals surface area (Å²) in [6.45, 7) is 2.64. The van der Waals surface area contributed by atoms with Gasteiger partial charge in [-0.2, -0.15) is 0 Å². The summed E-state index contributed by atoms with van der Waals surface area (Å²) in [7, 11) is 1.65. The van der Waals surface area contributed by atoms with Crippen molar-refractivity contribution < 1.29 is 9.13 Å². The van der Waals surface area contributed by atoms with Crippen LogP contribution in [0.2, 0.25) is 0 Å². The van der Waals surface area contributed by atoms with E-state index in [1.807, 2.05) is 4.57 Å². The van der Waals surface area contributed by atoms with Gasteiger partial charge in [0.15, 0.2) is 0 Å². The number of methoxy groups -OCH3 is 1. The molecule has 0 fully saturated rings. The minimum absolute atomic E-state index is 0.0896. The van der Waals surface area contributed by atoms with Crippen LogP contribution in [0.15, 0.2) is 18.2 Å². The van der Waals surface area contributed by atoms with Crippen LogP contribution in [0.5, 0.6) is 0 Å². The van der Waals surface area contributed by atoms with Gasteiger partial charge in [-0.3, -0.25) is 0 Å². The zero-order valence-electron chi connectivity index (χ0n) is 10.7. The number of nitrogens with zero attached hydrogens (tertiary/aromatic N) is 2. The van der Waals surface area contributed by atoms with E-state index < -0.39 is 0 Å². The minimum atomic E-state index is -0.281. The summed E-state index contributed by atoms with van der Waals surface area (Å²) in [5.74, 6) is 0.127. The van der Waals surface area contributed by atoms with Crippen molar-refractivity contribution in [2.75, 3.05) is 19.5 Å². The molecule has 1 heterocycles. The summed E-state index contributed by atoms with van der Waals surface area (Å²) in [5.41, 5.74) is 7.38. The van der Waals surface area contributed by atoms with Gasteiger partial charge in [-0.05, 0) is 24.6 Å². The highest BCUT2D eigenvalue weighted by atomic mass is 19.1. The molecule has 1 aromatic carbocycles. The lowest BCUT2D eigenvalue weighted by atomic mass is 10.1. The Morgan fingerprint density at radius 3 is 2.94 bits per heavy atom. The van der Waals surface area contributed by atoms with Crippen LogP contribution in [-0.2, 0) is 4.74 Å². The van der Waals surface area contributed by atoms with E-state index in [0.717, 1.165) is 18.4 Å². The van der Waals surface area contributed by atoms with Gasteiger partial charge in [0.2, 0.25) is 5.95 Å². The van der Waals surface area contributed by atoms with Crippen LogP contribution in [0.4, 0.5) is 10.3 Å². The molecule has 5 heteroatoms. The smallest absolute Gasteiger partial charge is 0.201 e. The first-order valence-corrected chi connectivity index (χ1v) is 6.09. The summed E-state index contributed by atoms with van der Waals surface area (Å²) < 4.78 is 20.4. The number of aromatic nitrogens is 2. The van der Waals surface area contributed by atoms with Crippen LogP contribution in [-0.4, -0.2) is 23.3 Å². The lowest BCUT2D eigenvalue weighted by Crippen LogP contribution is -2.16.